The maximum Gasteiger partial charge on any atom is 0.316 e. The highest BCUT2D eigenvalue weighted by Gasteiger charge is 2.34. The Bertz CT molecular complexity index is 2040. The lowest BCUT2D eigenvalue weighted by Crippen LogP contribution is -2.51. The minimum atomic E-state index is -0.379. The first-order valence-electron chi connectivity index (χ1n) is 15.0. The normalized spacial score (nSPS) is 15.5. The Balaban J connectivity index is 1.21. The SMILES string of the molecule is COc1ncc(CN2CCN(C(=O)Cc3c(C)[nH]c4ccc(F)cc34)C(c3ncc(-c4cc5ccccc5nc4OC)[nH]3)C2)cn1. The number of carbonyl (C=O) groups excluding carboxylic acids is 1. The molecule has 7 rings (SSSR count). The number of hydrogen-bond donors (Lipinski definition) is 2. The Morgan fingerprint density at radius 2 is 1.83 bits per heavy atom. The average Bonchev–Trinajstić information content (AvgIpc) is 3.69. The quantitative estimate of drug-likeness (QED) is 0.244. The number of para-hydroxylation sites is 1. The maximum absolute atomic E-state index is 14.2. The molecule has 0 spiro atoms. The van der Waals surface area contributed by atoms with Crippen molar-refractivity contribution in [1.29, 1.82) is 0 Å². The monoisotopic (exact) mass is 620 g/mol. The summed E-state index contributed by atoms with van der Waals surface area (Å²) in [6.45, 7) is 4.16. The van der Waals surface area contributed by atoms with Gasteiger partial charge in [-0.2, -0.15) is 0 Å². The Kier molecular flexibility index (Phi) is 7.79. The molecule has 0 radical (unpaired) electrons. The number of halogens is 1. The molecule has 12 heteroatoms. The van der Waals surface area contributed by atoms with Gasteiger partial charge in [0.05, 0.1) is 43.6 Å². The van der Waals surface area contributed by atoms with Gasteiger partial charge in [0.25, 0.3) is 0 Å². The van der Waals surface area contributed by atoms with Crippen LogP contribution in [-0.4, -0.2) is 79.5 Å². The molecule has 1 aliphatic heterocycles. The molecule has 2 N–H and O–H groups in total. The fraction of sp³-hybridized carbons (Fsp3) is 0.265. The van der Waals surface area contributed by atoms with Crippen LogP contribution in [0.15, 0.2) is 67.1 Å². The van der Waals surface area contributed by atoms with Gasteiger partial charge in [-0.15, -0.1) is 0 Å². The number of aromatic amines is 2. The highest BCUT2D eigenvalue weighted by molar-refractivity contribution is 5.90. The van der Waals surface area contributed by atoms with Crippen molar-refractivity contribution in [1.82, 2.24) is 39.7 Å². The van der Waals surface area contributed by atoms with Crippen molar-refractivity contribution >= 4 is 27.7 Å². The molecule has 46 heavy (non-hydrogen) atoms. The fourth-order valence-electron chi connectivity index (χ4n) is 6.23. The van der Waals surface area contributed by atoms with E-state index >= 15 is 0 Å². The number of piperazine rings is 1. The summed E-state index contributed by atoms with van der Waals surface area (Å²) in [5, 5.41) is 1.69. The van der Waals surface area contributed by atoms with Crippen LogP contribution in [0.4, 0.5) is 4.39 Å². The van der Waals surface area contributed by atoms with Crippen LogP contribution in [0.3, 0.4) is 0 Å². The van der Waals surface area contributed by atoms with E-state index in [-0.39, 0.29) is 24.2 Å². The van der Waals surface area contributed by atoms with E-state index in [0.29, 0.717) is 43.9 Å². The molecule has 0 saturated carbocycles. The number of benzene rings is 2. The summed E-state index contributed by atoms with van der Waals surface area (Å²) >= 11 is 0. The number of pyridine rings is 1. The standard InChI is InChI=1S/C34H33FN8O3/c1-20-24(25-13-23(35)8-9-28(25)39-20)14-31(44)43-11-10-42(18-21-15-37-34(46-3)38-16-21)19-30(43)32-36-17-29(40-32)26-12-22-6-4-5-7-27(22)41-33(26)45-2/h4-9,12-13,15-17,30,39H,10-11,14,18-19H2,1-3H3,(H,36,40). The number of fused-ring (bicyclic) bond motifs is 2. The summed E-state index contributed by atoms with van der Waals surface area (Å²) in [6, 6.07) is 14.4. The number of methoxy groups -OCH3 is 2. The predicted molar refractivity (Wildman–Crippen MR) is 171 cm³/mol. The van der Waals surface area contributed by atoms with E-state index < -0.39 is 0 Å². The van der Waals surface area contributed by atoms with Crippen molar-refractivity contribution in [2.75, 3.05) is 33.9 Å². The van der Waals surface area contributed by atoms with Gasteiger partial charge in [-0.05, 0) is 42.8 Å². The first kappa shape index (κ1) is 29.4. The third-order valence-electron chi connectivity index (χ3n) is 8.55. The molecule has 0 bridgehead atoms. The third kappa shape index (κ3) is 5.63. The van der Waals surface area contributed by atoms with Gasteiger partial charge in [0.15, 0.2) is 0 Å². The number of aryl methyl sites for hydroxylation is 1. The molecule has 1 aliphatic rings. The van der Waals surface area contributed by atoms with Gasteiger partial charge in [0.2, 0.25) is 11.8 Å². The minimum Gasteiger partial charge on any atom is -0.480 e. The lowest BCUT2D eigenvalue weighted by atomic mass is 10.0. The van der Waals surface area contributed by atoms with Gasteiger partial charge < -0.3 is 24.3 Å². The molecule has 1 fully saturated rings. The Labute approximate surface area is 264 Å². The maximum atomic E-state index is 14.2. The second-order valence-corrected chi connectivity index (χ2v) is 11.4. The topological polar surface area (TPSA) is 125 Å². The number of nitrogens with zero attached hydrogens (tertiary/aromatic N) is 6. The van der Waals surface area contributed by atoms with Crippen molar-refractivity contribution in [2.45, 2.75) is 25.9 Å². The van der Waals surface area contributed by atoms with E-state index in [1.165, 1.54) is 19.2 Å². The van der Waals surface area contributed by atoms with Crippen LogP contribution >= 0.6 is 0 Å². The number of hydrogen-bond acceptors (Lipinski definition) is 8. The summed E-state index contributed by atoms with van der Waals surface area (Å²) in [7, 11) is 3.13. The van der Waals surface area contributed by atoms with Crippen LogP contribution in [0, 0.1) is 12.7 Å². The molecular formula is C34H33FN8O3. The second-order valence-electron chi connectivity index (χ2n) is 11.4. The van der Waals surface area contributed by atoms with Crippen LogP contribution in [0.1, 0.15) is 28.7 Å². The van der Waals surface area contributed by atoms with E-state index in [1.807, 2.05) is 42.2 Å². The lowest BCUT2D eigenvalue weighted by molar-refractivity contribution is -0.136. The minimum absolute atomic E-state index is 0.0615. The van der Waals surface area contributed by atoms with E-state index in [0.717, 1.165) is 49.9 Å². The van der Waals surface area contributed by atoms with E-state index in [4.69, 9.17) is 19.4 Å². The summed E-state index contributed by atoms with van der Waals surface area (Å²) in [5.41, 5.74) is 5.72. The van der Waals surface area contributed by atoms with Crippen LogP contribution in [0.25, 0.3) is 33.1 Å². The van der Waals surface area contributed by atoms with Crippen LogP contribution in [0.5, 0.6) is 11.9 Å². The van der Waals surface area contributed by atoms with Gasteiger partial charge in [-0.3, -0.25) is 9.69 Å². The largest absolute Gasteiger partial charge is 0.480 e. The fourth-order valence-corrected chi connectivity index (χ4v) is 6.23. The molecule has 5 heterocycles. The Hall–Kier alpha value is -5.36. The van der Waals surface area contributed by atoms with Gasteiger partial charge in [0.1, 0.15) is 17.7 Å². The van der Waals surface area contributed by atoms with Gasteiger partial charge >= 0.3 is 6.01 Å². The lowest BCUT2D eigenvalue weighted by Gasteiger charge is -2.40. The molecular weight excluding hydrogens is 587 g/mol. The highest BCUT2D eigenvalue weighted by Crippen LogP contribution is 2.33. The zero-order valence-corrected chi connectivity index (χ0v) is 25.7. The molecule has 11 nitrogen and oxygen atoms in total. The van der Waals surface area contributed by atoms with E-state index in [9.17, 15) is 9.18 Å². The van der Waals surface area contributed by atoms with Crippen molar-refractivity contribution in [2.24, 2.45) is 0 Å². The molecule has 4 aromatic heterocycles. The number of amides is 1. The van der Waals surface area contributed by atoms with Crippen molar-refractivity contribution < 1.29 is 18.7 Å². The molecule has 234 valence electrons. The number of rotatable bonds is 8. The summed E-state index contributed by atoms with van der Waals surface area (Å²) in [4.78, 5) is 43.0. The summed E-state index contributed by atoms with van der Waals surface area (Å²) in [5.74, 6) is 0.731. The van der Waals surface area contributed by atoms with Crippen LogP contribution in [0.2, 0.25) is 0 Å². The number of nitrogens with one attached hydrogen (secondary N) is 2. The molecule has 1 atom stereocenters. The number of ether oxygens (including phenoxy) is 2. The molecule has 0 aliphatic carbocycles. The molecule has 2 aromatic carbocycles. The number of aromatic nitrogens is 6. The zero-order chi connectivity index (χ0) is 31.8. The first-order chi connectivity index (χ1) is 22.4. The zero-order valence-electron chi connectivity index (χ0n) is 25.7. The van der Waals surface area contributed by atoms with Gasteiger partial charge in [-0.25, -0.2) is 24.3 Å². The van der Waals surface area contributed by atoms with Crippen LogP contribution in [-0.2, 0) is 17.8 Å². The third-order valence-corrected chi connectivity index (χ3v) is 8.55. The molecule has 6 aromatic rings. The number of imidazole rings is 1. The Morgan fingerprint density at radius 1 is 1.00 bits per heavy atom. The Morgan fingerprint density at radius 3 is 2.63 bits per heavy atom. The summed E-state index contributed by atoms with van der Waals surface area (Å²) in [6.07, 6.45) is 5.39. The van der Waals surface area contributed by atoms with E-state index in [2.05, 4.69) is 24.8 Å². The number of H-pyrrole nitrogens is 2. The highest BCUT2D eigenvalue weighted by atomic mass is 19.1. The number of carbonyl (C=O) groups is 1. The average molecular weight is 621 g/mol. The van der Waals surface area contributed by atoms with Crippen molar-refractivity contribution in [3.05, 3.63) is 95.6 Å². The van der Waals surface area contributed by atoms with E-state index in [1.54, 1.807) is 31.8 Å². The smallest absolute Gasteiger partial charge is 0.316 e. The van der Waals surface area contributed by atoms with Gasteiger partial charge in [-0.1, -0.05) is 18.2 Å². The second kappa shape index (κ2) is 12.2. The molecule has 1 saturated heterocycles. The van der Waals surface area contributed by atoms with Crippen molar-refractivity contribution in [3.63, 3.8) is 0 Å². The summed E-state index contributed by atoms with van der Waals surface area (Å²) < 4.78 is 25.0. The molecule has 1 amide bonds. The first-order valence-corrected chi connectivity index (χ1v) is 15.0. The van der Waals surface area contributed by atoms with Crippen LogP contribution < -0.4 is 9.47 Å². The van der Waals surface area contributed by atoms with Crippen molar-refractivity contribution in [3.8, 4) is 23.1 Å². The van der Waals surface area contributed by atoms with Gasteiger partial charge in [0, 0.05) is 66.1 Å². The predicted octanol–water partition coefficient (Wildman–Crippen LogP) is 4.99. The molecule has 1 unspecified atom stereocenters.